The van der Waals surface area contributed by atoms with Crippen molar-refractivity contribution in [3.63, 3.8) is 0 Å². The highest BCUT2D eigenvalue weighted by Gasteiger charge is 2.22. The van der Waals surface area contributed by atoms with Gasteiger partial charge in [-0.3, -0.25) is 0 Å². The van der Waals surface area contributed by atoms with Crippen LogP contribution in [0.25, 0.3) is 0 Å². The average Bonchev–Trinajstić information content (AvgIpc) is 2.53. The van der Waals surface area contributed by atoms with Crippen molar-refractivity contribution in [2.24, 2.45) is 0 Å². The fourth-order valence-corrected chi connectivity index (χ4v) is 2.65. The highest BCUT2D eigenvalue weighted by atomic mass is 16.5. The van der Waals surface area contributed by atoms with Crippen molar-refractivity contribution in [2.45, 2.75) is 25.9 Å². The fraction of sp³-hybridized carbons (Fsp3) is 0.333. The molecule has 3 nitrogen and oxygen atoms in total. The van der Waals surface area contributed by atoms with Gasteiger partial charge in [-0.2, -0.15) is 0 Å². The standard InChI is InChI=1S/C18H21NO2/c1-13-6-8-14(9-7-13)11-19-16-10-15-4-3-5-17(20-2)18(15)21-12-16/h3-9,16,19H,10-12H2,1-2H3. The summed E-state index contributed by atoms with van der Waals surface area (Å²) < 4.78 is 11.2. The molecule has 0 radical (unpaired) electrons. The first-order valence-electron chi connectivity index (χ1n) is 7.34. The molecule has 0 fully saturated rings. The van der Waals surface area contributed by atoms with Crippen molar-refractivity contribution in [1.29, 1.82) is 0 Å². The maximum absolute atomic E-state index is 5.88. The summed E-state index contributed by atoms with van der Waals surface area (Å²) >= 11 is 0. The van der Waals surface area contributed by atoms with E-state index in [4.69, 9.17) is 9.47 Å². The first-order chi connectivity index (χ1) is 10.3. The molecule has 0 saturated carbocycles. The van der Waals surface area contributed by atoms with Crippen LogP contribution in [0.1, 0.15) is 16.7 Å². The lowest BCUT2D eigenvalue weighted by molar-refractivity contribution is 0.226. The molecule has 1 heterocycles. The zero-order chi connectivity index (χ0) is 14.7. The van der Waals surface area contributed by atoms with Crippen molar-refractivity contribution in [1.82, 2.24) is 5.32 Å². The molecule has 0 bridgehead atoms. The number of methoxy groups -OCH3 is 1. The van der Waals surface area contributed by atoms with Gasteiger partial charge in [0.1, 0.15) is 6.61 Å². The van der Waals surface area contributed by atoms with Crippen LogP contribution < -0.4 is 14.8 Å². The molecule has 1 unspecified atom stereocenters. The minimum atomic E-state index is 0.339. The molecule has 1 aliphatic rings. The second-order valence-electron chi connectivity index (χ2n) is 5.53. The number of hydrogen-bond donors (Lipinski definition) is 1. The van der Waals surface area contributed by atoms with Gasteiger partial charge in [-0.25, -0.2) is 0 Å². The quantitative estimate of drug-likeness (QED) is 0.935. The molecule has 0 aliphatic carbocycles. The van der Waals surface area contributed by atoms with E-state index in [1.54, 1.807) is 7.11 Å². The van der Waals surface area contributed by atoms with Crippen LogP contribution in [-0.4, -0.2) is 19.8 Å². The van der Waals surface area contributed by atoms with Crippen LogP contribution >= 0.6 is 0 Å². The number of para-hydroxylation sites is 1. The third-order valence-corrected chi connectivity index (χ3v) is 3.89. The Hall–Kier alpha value is -2.00. The third-order valence-electron chi connectivity index (χ3n) is 3.89. The third kappa shape index (κ3) is 3.19. The minimum Gasteiger partial charge on any atom is -0.493 e. The van der Waals surface area contributed by atoms with E-state index in [0.29, 0.717) is 12.6 Å². The number of aryl methyl sites for hydroxylation is 1. The van der Waals surface area contributed by atoms with E-state index in [0.717, 1.165) is 24.5 Å². The van der Waals surface area contributed by atoms with Gasteiger partial charge in [0.25, 0.3) is 0 Å². The number of hydrogen-bond acceptors (Lipinski definition) is 3. The highest BCUT2D eigenvalue weighted by molar-refractivity contribution is 5.48. The van der Waals surface area contributed by atoms with Gasteiger partial charge in [-0.1, -0.05) is 42.0 Å². The summed E-state index contributed by atoms with van der Waals surface area (Å²) in [7, 11) is 1.68. The van der Waals surface area contributed by atoms with Crippen LogP contribution in [0, 0.1) is 6.92 Å². The van der Waals surface area contributed by atoms with E-state index in [-0.39, 0.29) is 0 Å². The first kappa shape index (κ1) is 14.0. The number of ether oxygens (including phenoxy) is 2. The van der Waals surface area contributed by atoms with E-state index in [9.17, 15) is 0 Å². The van der Waals surface area contributed by atoms with Crippen molar-refractivity contribution in [3.8, 4) is 11.5 Å². The predicted molar refractivity (Wildman–Crippen MR) is 84.0 cm³/mol. The van der Waals surface area contributed by atoms with Crippen molar-refractivity contribution in [2.75, 3.05) is 13.7 Å². The molecule has 1 atom stereocenters. The molecule has 21 heavy (non-hydrogen) atoms. The maximum Gasteiger partial charge on any atom is 0.164 e. The molecule has 0 aromatic heterocycles. The smallest absolute Gasteiger partial charge is 0.164 e. The van der Waals surface area contributed by atoms with Gasteiger partial charge in [-0.15, -0.1) is 0 Å². The van der Waals surface area contributed by atoms with Gasteiger partial charge in [-0.05, 0) is 30.5 Å². The van der Waals surface area contributed by atoms with E-state index in [1.165, 1.54) is 16.7 Å². The summed E-state index contributed by atoms with van der Waals surface area (Å²) in [5.74, 6) is 1.72. The Labute approximate surface area is 125 Å². The van der Waals surface area contributed by atoms with Crippen molar-refractivity contribution < 1.29 is 9.47 Å². The lowest BCUT2D eigenvalue weighted by Crippen LogP contribution is -2.38. The van der Waals surface area contributed by atoms with Crippen LogP contribution in [0.3, 0.4) is 0 Å². The highest BCUT2D eigenvalue weighted by Crippen LogP contribution is 2.34. The predicted octanol–water partition coefficient (Wildman–Crippen LogP) is 3.10. The Kier molecular flexibility index (Phi) is 4.11. The normalized spacial score (nSPS) is 17.0. The first-order valence-corrected chi connectivity index (χ1v) is 7.34. The molecule has 1 aliphatic heterocycles. The number of benzene rings is 2. The average molecular weight is 283 g/mol. The minimum absolute atomic E-state index is 0.339. The van der Waals surface area contributed by atoms with E-state index < -0.39 is 0 Å². The van der Waals surface area contributed by atoms with Crippen molar-refractivity contribution in [3.05, 3.63) is 59.2 Å². The summed E-state index contributed by atoms with van der Waals surface area (Å²) in [4.78, 5) is 0. The molecule has 1 N–H and O–H groups in total. The molecule has 2 aromatic carbocycles. The molecule has 3 rings (SSSR count). The molecule has 0 saturated heterocycles. The van der Waals surface area contributed by atoms with Gasteiger partial charge in [0.05, 0.1) is 7.11 Å². The van der Waals surface area contributed by atoms with E-state index >= 15 is 0 Å². The zero-order valence-electron chi connectivity index (χ0n) is 12.6. The topological polar surface area (TPSA) is 30.5 Å². The summed E-state index contributed by atoms with van der Waals surface area (Å²) in [6.07, 6.45) is 0.971. The molecule has 110 valence electrons. The Balaban J connectivity index is 1.63. The number of fused-ring (bicyclic) bond motifs is 1. The Morgan fingerprint density at radius 2 is 2.00 bits per heavy atom. The van der Waals surface area contributed by atoms with Gasteiger partial charge in [0.15, 0.2) is 11.5 Å². The van der Waals surface area contributed by atoms with Crippen LogP contribution in [0.5, 0.6) is 11.5 Å². The molecule has 3 heteroatoms. The van der Waals surface area contributed by atoms with Crippen LogP contribution in [0.4, 0.5) is 0 Å². The number of nitrogens with one attached hydrogen (secondary N) is 1. The Morgan fingerprint density at radius 3 is 2.76 bits per heavy atom. The van der Waals surface area contributed by atoms with Crippen LogP contribution in [-0.2, 0) is 13.0 Å². The van der Waals surface area contributed by atoms with Gasteiger partial charge >= 0.3 is 0 Å². The Morgan fingerprint density at radius 1 is 1.19 bits per heavy atom. The van der Waals surface area contributed by atoms with Crippen LogP contribution in [0.15, 0.2) is 42.5 Å². The monoisotopic (exact) mass is 283 g/mol. The summed E-state index contributed by atoms with van der Waals surface area (Å²) in [6.45, 7) is 3.66. The SMILES string of the molecule is COc1cccc2c1OCC(NCc1ccc(C)cc1)C2. The second-order valence-corrected chi connectivity index (χ2v) is 5.53. The molecular formula is C18H21NO2. The fourth-order valence-electron chi connectivity index (χ4n) is 2.65. The largest absolute Gasteiger partial charge is 0.493 e. The van der Waals surface area contributed by atoms with Gasteiger partial charge < -0.3 is 14.8 Å². The molecule has 0 spiro atoms. The second kappa shape index (κ2) is 6.19. The summed E-state index contributed by atoms with van der Waals surface area (Å²) in [5, 5.41) is 3.57. The molecule has 0 amide bonds. The maximum atomic E-state index is 5.88. The van der Waals surface area contributed by atoms with E-state index in [1.807, 2.05) is 12.1 Å². The molecule has 2 aromatic rings. The Bertz CT molecular complexity index is 607. The van der Waals surface area contributed by atoms with Crippen molar-refractivity contribution >= 4 is 0 Å². The van der Waals surface area contributed by atoms with Crippen LogP contribution in [0.2, 0.25) is 0 Å². The zero-order valence-corrected chi connectivity index (χ0v) is 12.6. The van der Waals surface area contributed by atoms with Gasteiger partial charge in [0.2, 0.25) is 0 Å². The summed E-state index contributed by atoms with van der Waals surface area (Å²) in [5.41, 5.74) is 3.81. The number of rotatable bonds is 4. The lowest BCUT2D eigenvalue weighted by atomic mass is 10.0. The lowest BCUT2D eigenvalue weighted by Gasteiger charge is -2.27. The van der Waals surface area contributed by atoms with Gasteiger partial charge in [0, 0.05) is 12.6 Å². The summed E-state index contributed by atoms with van der Waals surface area (Å²) in [6, 6.07) is 15.0. The molecular weight excluding hydrogens is 262 g/mol. The van der Waals surface area contributed by atoms with E-state index in [2.05, 4.69) is 42.6 Å².